The van der Waals surface area contributed by atoms with Crippen LogP contribution in [0.15, 0.2) is 9.85 Å². The standard InChI is InChI=1S/C8H9BrN2OS/c1-4-2-6(13-7(4)9)5-3-10-8(12)11-5/h2,5H,3H2,1H3,(H2,10,11,12)/t5-/m0/s1. The summed E-state index contributed by atoms with van der Waals surface area (Å²) in [5, 5.41) is 5.59. The predicted molar refractivity (Wildman–Crippen MR) is 56.0 cm³/mol. The normalized spacial score (nSPS) is 21.4. The Labute approximate surface area is 88.7 Å². The summed E-state index contributed by atoms with van der Waals surface area (Å²) in [5.41, 5.74) is 1.22. The zero-order chi connectivity index (χ0) is 9.42. The molecule has 0 aliphatic carbocycles. The van der Waals surface area contributed by atoms with Crippen molar-refractivity contribution in [2.24, 2.45) is 0 Å². The molecule has 1 aliphatic heterocycles. The highest BCUT2D eigenvalue weighted by molar-refractivity contribution is 9.11. The Hall–Kier alpha value is -0.550. The van der Waals surface area contributed by atoms with Crippen LogP contribution in [0.4, 0.5) is 4.79 Å². The molecule has 1 aliphatic rings. The van der Waals surface area contributed by atoms with Gasteiger partial charge in [0.1, 0.15) is 0 Å². The van der Waals surface area contributed by atoms with Crippen molar-refractivity contribution in [2.75, 3.05) is 6.54 Å². The third-order valence-corrected chi connectivity index (χ3v) is 4.24. The molecule has 13 heavy (non-hydrogen) atoms. The van der Waals surface area contributed by atoms with Gasteiger partial charge in [0.2, 0.25) is 0 Å². The van der Waals surface area contributed by atoms with Gasteiger partial charge in [0.15, 0.2) is 0 Å². The maximum atomic E-state index is 10.9. The number of nitrogens with one attached hydrogen (secondary N) is 2. The number of hydrogen-bond acceptors (Lipinski definition) is 2. The van der Waals surface area contributed by atoms with Gasteiger partial charge in [0.05, 0.1) is 9.83 Å². The lowest BCUT2D eigenvalue weighted by atomic mass is 10.2. The third-order valence-electron chi connectivity index (χ3n) is 1.99. The van der Waals surface area contributed by atoms with Gasteiger partial charge in [-0.3, -0.25) is 0 Å². The highest BCUT2D eigenvalue weighted by atomic mass is 79.9. The fourth-order valence-electron chi connectivity index (χ4n) is 1.28. The van der Waals surface area contributed by atoms with E-state index in [-0.39, 0.29) is 12.1 Å². The highest BCUT2D eigenvalue weighted by Crippen LogP contribution is 2.31. The van der Waals surface area contributed by atoms with Crippen LogP contribution in [0.1, 0.15) is 16.5 Å². The second-order valence-corrected chi connectivity index (χ2v) is 5.41. The lowest BCUT2D eigenvalue weighted by Gasteiger charge is -2.03. The molecule has 0 spiro atoms. The maximum absolute atomic E-state index is 10.9. The van der Waals surface area contributed by atoms with Gasteiger partial charge in [-0.1, -0.05) is 0 Å². The van der Waals surface area contributed by atoms with Crippen LogP contribution in [0.25, 0.3) is 0 Å². The molecular weight excluding hydrogens is 252 g/mol. The topological polar surface area (TPSA) is 41.1 Å². The number of aryl methyl sites for hydroxylation is 1. The number of rotatable bonds is 1. The van der Waals surface area contributed by atoms with Crippen LogP contribution >= 0.6 is 27.3 Å². The number of carbonyl (C=O) groups excluding carboxylic acids is 1. The Morgan fingerprint density at radius 3 is 2.92 bits per heavy atom. The van der Waals surface area contributed by atoms with E-state index in [4.69, 9.17) is 0 Å². The first kappa shape index (κ1) is 9.02. The summed E-state index contributed by atoms with van der Waals surface area (Å²) in [4.78, 5) is 12.1. The Morgan fingerprint density at radius 2 is 2.46 bits per heavy atom. The van der Waals surface area contributed by atoms with Crippen molar-refractivity contribution < 1.29 is 4.79 Å². The van der Waals surface area contributed by atoms with Crippen LogP contribution in [-0.2, 0) is 0 Å². The van der Waals surface area contributed by atoms with Crippen LogP contribution in [0.2, 0.25) is 0 Å². The molecule has 5 heteroatoms. The molecule has 2 heterocycles. The smallest absolute Gasteiger partial charge is 0.315 e. The van der Waals surface area contributed by atoms with E-state index in [9.17, 15) is 4.79 Å². The molecule has 70 valence electrons. The molecule has 1 aromatic rings. The summed E-state index contributed by atoms with van der Waals surface area (Å²) in [6, 6.07) is 2.17. The minimum atomic E-state index is -0.0767. The van der Waals surface area contributed by atoms with Crippen LogP contribution in [0, 0.1) is 6.92 Å². The first-order chi connectivity index (χ1) is 6.16. The van der Waals surface area contributed by atoms with Gasteiger partial charge in [-0.2, -0.15) is 0 Å². The molecule has 0 radical (unpaired) electrons. The van der Waals surface area contributed by atoms with Crippen molar-refractivity contribution >= 4 is 33.3 Å². The van der Waals surface area contributed by atoms with E-state index in [2.05, 4.69) is 32.6 Å². The van der Waals surface area contributed by atoms with Gasteiger partial charge in [-0.25, -0.2) is 4.79 Å². The van der Waals surface area contributed by atoms with Crippen molar-refractivity contribution in [3.8, 4) is 0 Å². The van der Waals surface area contributed by atoms with E-state index in [0.29, 0.717) is 6.54 Å². The largest absolute Gasteiger partial charge is 0.336 e. The summed E-state index contributed by atoms with van der Waals surface area (Å²) in [5.74, 6) is 0. The Kier molecular flexibility index (Phi) is 2.29. The summed E-state index contributed by atoms with van der Waals surface area (Å²) < 4.78 is 1.14. The minimum absolute atomic E-state index is 0.0767. The predicted octanol–water partition coefficient (Wildman–Crippen LogP) is 2.17. The Morgan fingerprint density at radius 1 is 1.69 bits per heavy atom. The van der Waals surface area contributed by atoms with Gasteiger partial charge in [-0.15, -0.1) is 11.3 Å². The molecule has 2 amide bonds. The van der Waals surface area contributed by atoms with Crippen LogP contribution in [0.3, 0.4) is 0 Å². The molecule has 1 atom stereocenters. The average molecular weight is 261 g/mol. The summed E-state index contributed by atoms with van der Waals surface area (Å²) >= 11 is 5.14. The Balaban J connectivity index is 2.21. The van der Waals surface area contributed by atoms with Crippen molar-refractivity contribution in [1.29, 1.82) is 0 Å². The maximum Gasteiger partial charge on any atom is 0.315 e. The quantitative estimate of drug-likeness (QED) is 0.799. The van der Waals surface area contributed by atoms with Crippen LogP contribution < -0.4 is 10.6 Å². The number of thiophene rings is 1. The third kappa shape index (κ3) is 1.71. The van der Waals surface area contributed by atoms with E-state index in [1.807, 2.05) is 6.92 Å². The lowest BCUT2D eigenvalue weighted by Crippen LogP contribution is -2.21. The molecular formula is C8H9BrN2OS. The molecule has 2 N–H and O–H groups in total. The molecule has 1 fully saturated rings. The van der Waals surface area contributed by atoms with Crippen molar-refractivity contribution in [2.45, 2.75) is 13.0 Å². The number of carbonyl (C=O) groups is 1. The summed E-state index contributed by atoms with van der Waals surface area (Å²) in [6.07, 6.45) is 0. The molecule has 1 aromatic heterocycles. The van der Waals surface area contributed by atoms with Gasteiger partial charge >= 0.3 is 6.03 Å². The van der Waals surface area contributed by atoms with E-state index < -0.39 is 0 Å². The number of hydrogen-bond donors (Lipinski definition) is 2. The van der Waals surface area contributed by atoms with Crippen molar-refractivity contribution in [1.82, 2.24) is 10.6 Å². The fourth-order valence-corrected chi connectivity index (χ4v) is 2.90. The number of amides is 2. The molecule has 0 aromatic carbocycles. The molecule has 0 bridgehead atoms. The number of urea groups is 1. The second-order valence-electron chi connectivity index (χ2n) is 3.01. The Bertz CT molecular complexity index is 330. The van der Waals surface area contributed by atoms with E-state index >= 15 is 0 Å². The van der Waals surface area contributed by atoms with Gasteiger partial charge < -0.3 is 10.6 Å². The van der Waals surface area contributed by atoms with Gasteiger partial charge in [0.25, 0.3) is 0 Å². The molecule has 0 unspecified atom stereocenters. The average Bonchev–Trinajstić information content (AvgIpc) is 2.61. The van der Waals surface area contributed by atoms with Gasteiger partial charge in [-0.05, 0) is 34.5 Å². The molecule has 1 saturated heterocycles. The summed E-state index contributed by atoms with van der Waals surface area (Å²) in [6.45, 7) is 2.74. The van der Waals surface area contributed by atoms with E-state index in [1.54, 1.807) is 11.3 Å². The molecule has 0 saturated carbocycles. The zero-order valence-electron chi connectivity index (χ0n) is 7.06. The van der Waals surface area contributed by atoms with Crippen molar-refractivity contribution in [3.63, 3.8) is 0 Å². The summed E-state index contributed by atoms with van der Waals surface area (Å²) in [7, 11) is 0. The second kappa shape index (κ2) is 3.31. The first-order valence-electron chi connectivity index (χ1n) is 3.97. The molecule has 2 rings (SSSR count). The lowest BCUT2D eigenvalue weighted by molar-refractivity contribution is 0.247. The van der Waals surface area contributed by atoms with Crippen molar-refractivity contribution in [3.05, 3.63) is 20.3 Å². The molecule has 3 nitrogen and oxygen atoms in total. The van der Waals surface area contributed by atoms with Crippen LogP contribution in [0.5, 0.6) is 0 Å². The zero-order valence-corrected chi connectivity index (χ0v) is 9.46. The van der Waals surface area contributed by atoms with E-state index in [0.717, 1.165) is 3.79 Å². The SMILES string of the molecule is Cc1cc([C@@H]2CNC(=O)N2)sc1Br. The number of halogens is 1. The first-order valence-corrected chi connectivity index (χ1v) is 5.58. The fraction of sp³-hybridized carbons (Fsp3) is 0.375. The minimum Gasteiger partial charge on any atom is -0.336 e. The van der Waals surface area contributed by atoms with E-state index in [1.165, 1.54) is 10.4 Å². The van der Waals surface area contributed by atoms with Gasteiger partial charge in [0, 0.05) is 11.4 Å². The van der Waals surface area contributed by atoms with Crippen LogP contribution in [-0.4, -0.2) is 12.6 Å². The monoisotopic (exact) mass is 260 g/mol. The highest BCUT2D eigenvalue weighted by Gasteiger charge is 2.23.